The Balaban J connectivity index is 2.00. The number of ether oxygens (including phenoxy) is 1. The lowest BCUT2D eigenvalue weighted by Crippen LogP contribution is -2.34. The van der Waals surface area contributed by atoms with Gasteiger partial charge in [0, 0.05) is 10.4 Å². The number of hydrogen-bond donors (Lipinski definition) is 0. The van der Waals surface area contributed by atoms with Crippen LogP contribution in [-0.4, -0.2) is 5.97 Å². The van der Waals surface area contributed by atoms with E-state index in [2.05, 4.69) is 19.9 Å². The van der Waals surface area contributed by atoms with E-state index in [1.165, 1.54) is 0 Å². The molecule has 1 aliphatic rings. The third kappa shape index (κ3) is 3.32. The number of hydrogen-bond acceptors (Lipinski definition) is 2. The van der Waals surface area contributed by atoms with Crippen molar-refractivity contribution in [3.8, 4) is 0 Å². The van der Waals surface area contributed by atoms with Crippen LogP contribution in [0.4, 0.5) is 0 Å². The quantitative estimate of drug-likeness (QED) is 0.687. The van der Waals surface area contributed by atoms with E-state index in [1.807, 2.05) is 54.6 Å². The summed E-state index contributed by atoms with van der Waals surface area (Å²) < 4.78 is 5.67. The zero-order valence-electron chi connectivity index (χ0n) is 13.3. The molecule has 1 fully saturated rings. The normalized spacial score (nSPS) is 22.0. The second kappa shape index (κ2) is 6.21. The highest BCUT2D eigenvalue weighted by molar-refractivity contribution is 6.30. The molecule has 3 heteroatoms. The van der Waals surface area contributed by atoms with Gasteiger partial charge < -0.3 is 4.74 Å². The molecule has 2 aromatic rings. The van der Waals surface area contributed by atoms with Crippen molar-refractivity contribution in [3.63, 3.8) is 0 Å². The summed E-state index contributed by atoms with van der Waals surface area (Å²) >= 11 is 5.97. The molecule has 1 atom stereocenters. The first-order valence-electron chi connectivity index (χ1n) is 7.68. The molecule has 118 valence electrons. The maximum absolute atomic E-state index is 12.1. The van der Waals surface area contributed by atoms with E-state index in [4.69, 9.17) is 16.3 Å². The van der Waals surface area contributed by atoms with Gasteiger partial charge in [-0.1, -0.05) is 74.0 Å². The van der Waals surface area contributed by atoms with Gasteiger partial charge in [0.05, 0.1) is 6.42 Å². The van der Waals surface area contributed by atoms with Crippen molar-refractivity contribution in [2.45, 2.75) is 26.4 Å². The summed E-state index contributed by atoms with van der Waals surface area (Å²) in [5, 5.41) is 0.675. The third-order valence-electron chi connectivity index (χ3n) is 4.38. The first kappa shape index (κ1) is 15.8. The zero-order valence-corrected chi connectivity index (χ0v) is 14.0. The molecule has 0 amide bonds. The average molecular weight is 327 g/mol. The first-order chi connectivity index (χ1) is 11.0. The summed E-state index contributed by atoms with van der Waals surface area (Å²) in [6, 6.07) is 17.6. The molecule has 1 unspecified atom stereocenters. The van der Waals surface area contributed by atoms with E-state index in [0.717, 1.165) is 16.7 Å². The van der Waals surface area contributed by atoms with E-state index in [9.17, 15) is 4.79 Å². The Hall–Kier alpha value is -2.06. The van der Waals surface area contributed by atoms with Crippen LogP contribution in [0.1, 0.15) is 37.5 Å². The van der Waals surface area contributed by atoms with Crippen molar-refractivity contribution in [2.75, 3.05) is 0 Å². The fraction of sp³-hybridized carbons (Fsp3) is 0.250. The van der Waals surface area contributed by atoms with Crippen molar-refractivity contribution in [2.24, 2.45) is 5.41 Å². The van der Waals surface area contributed by atoms with Crippen molar-refractivity contribution in [1.82, 2.24) is 0 Å². The molecular weight excluding hydrogens is 308 g/mol. The number of esters is 1. The highest BCUT2D eigenvalue weighted by Gasteiger charge is 2.42. The monoisotopic (exact) mass is 326 g/mol. The number of carbonyl (C=O) groups is 1. The van der Waals surface area contributed by atoms with Crippen LogP contribution in [0.25, 0.3) is 6.08 Å². The van der Waals surface area contributed by atoms with Gasteiger partial charge >= 0.3 is 5.97 Å². The summed E-state index contributed by atoms with van der Waals surface area (Å²) in [5.74, 6) is -0.188. The molecule has 3 rings (SSSR count). The lowest BCUT2D eigenvalue weighted by atomic mass is 9.72. The van der Waals surface area contributed by atoms with Crippen LogP contribution in [0.3, 0.4) is 0 Å². The maximum Gasteiger partial charge on any atom is 0.310 e. The molecule has 0 aliphatic carbocycles. The molecule has 23 heavy (non-hydrogen) atoms. The minimum absolute atomic E-state index is 0.188. The Morgan fingerprint density at radius 1 is 1.09 bits per heavy atom. The Bertz CT molecular complexity index is 730. The van der Waals surface area contributed by atoms with Crippen molar-refractivity contribution in [3.05, 3.63) is 76.3 Å². The lowest BCUT2D eigenvalue weighted by molar-refractivity contribution is -0.159. The van der Waals surface area contributed by atoms with E-state index >= 15 is 0 Å². The number of benzene rings is 2. The minimum atomic E-state index is -0.309. The molecule has 1 heterocycles. The van der Waals surface area contributed by atoms with Gasteiger partial charge in [-0.15, -0.1) is 0 Å². The minimum Gasteiger partial charge on any atom is -0.456 e. The summed E-state index contributed by atoms with van der Waals surface area (Å²) in [5.41, 5.74) is 2.86. The van der Waals surface area contributed by atoms with Crippen LogP contribution in [0.15, 0.2) is 60.2 Å². The van der Waals surface area contributed by atoms with E-state index in [0.29, 0.717) is 11.4 Å². The van der Waals surface area contributed by atoms with Crippen molar-refractivity contribution in [1.29, 1.82) is 0 Å². The predicted molar refractivity (Wildman–Crippen MR) is 93.1 cm³/mol. The molecule has 1 saturated heterocycles. The summed E-state index contributed by atoms with van der Waals surface area (Å²) in [6.45, 7) is 4.24. The Morgan fingerprint density at radius 2 is 1.74 bits per heavy atom. The van der Waals surface area contributed by atoms with Gasteiger partial charge in [-0.3, -0.25) is 4.79 Å². The van der Waals surface area contributed by atoms with E-state index < -0.39 is 0 Å². The molecule has 1 aliphatic heterocycles. The van der Waals surface area contributed by atoms with Crippen LogP contribution in [0.5, 0.6) is 0 Å². The van der Waals surface area contributed by atoms with Crippen molar-refractivity contribution < 1.29 is 9.53 Å². The molecule has 0 radical (unpaired) electrons. The van der Waals surface area contributed by atoms with Crippen molar-refractivity contribution >= 4 is 23.6 Å². The van der Waals surface area contributed by atoms with Crippen LogP contribution in [-0.2, 0) is 9.53 Å². The molecule has 0 N–H and O–H groups in total. The van der Waals surface area contributed by atoms with Gasteiger partial charge in [0.1, 0.15) is 6.10 Å². The SMILES string of the molecule is CC1(C)/C(=C/c2ccccc2)CC(=O)OC1c1ccc(Cl)cc1. The third-order valence-corrected chi connectivity index (χ3v) is 4.63. The fourth-order valence-corrected chi connectivity index (χ4v) is 3.11. The second-order valence-electron chi connectivity index (χ2n) is 6.40. The van der Waals surface area contributed by atoms with E-state index in [-0.39, 0.29) is 17.5 Å². The fourth-order valence-electron chi connectivity index (χ4n) is 2.98. The Labute approximate surface area is 141 Å². The van der Waals surface area contributed by atoms with Gasteiger partial charge in [0.15, 0.2) is 0 Å². The average Bonchev–Trinajstić information content (AvgIpc) is 2.53. The largest absolute Gasteiger partial charge is 0.456 e. The number of cyclic esters (lactones) is 1. The maximum atomic E-state index is 12.1. The highest BCUT2D eigenvalue weighted by atomic mass is 35.5. The summed E-state index contributed by atoms with van der Waals surface area (Å²) in [4.78, 5) is 12.1. The Kier molecular flexibility index (Phi) is 4.27. The van der Waals surface area contributed by atoms with E-state index in [1.54, 1.807) is 0 Å². The number of halogens is 1. The highest BCUT2D eigenvalue weighted by Crippen LogP contribution is 2.48. The summed E-state index contributed by atoms with van der Waals surface area (Å²) in [7, 11) is 0. The Morgan fingerprint density at radius 3 is 2.39 bits per heavy atom. The molecule has 0 bridgehead atoms. The lowest BCUT2D eigenvalue weighted by Gasteiger charge is -2.40. The molecule has 2 aromatic carbocycles. The number of rotatable bonds is 2. The topological polar surface area (TPSA) is 26.3 Å². The van der Waals surface area contributed by atoms with Gasteiger partial charge in [0.2, 0.25) is 0 Å². The summed E-state index contributed by atoms with van der Waals surface area (Å²) in [6.07, 6.45) is 2.12. The predicted octanol–water partition coefficient (Wildman–Crippen LogP) is 5.44. The van der Waals surface area contributed by atoms with Crippen LogP contribution < -0.4 is 0 Å². The first-order valence-corrected chi connectivity index (χ1v) is 8.05. The zero-order chi connectivity index (χ0) is 16.4. The van der Waals surface area contributed by atoms with Gasteiger partial charge in [-0.25, -0.2) is 0 Å². The van der Waals surface area contributed by atoms with Crippen LogP contribution in [0.2, 0.25) is 5.02 Å². The van der Waals surface area contributed by atoms with Gasteiger partial charge in [-0.2, -0.15) is 0 Å². The second-order valence-corrected chi connectivity index (χ2v) is 6.84. The standard InChI is InChI=1S/C20H19ClO2/c1-20(2)16(12-14-6-4-3-5-7-14)13-18(22)23-19(20)15-8-10-17(21)11-9-15/h3-12,19H,13H2,1-2H3/b16-12+. The van der Waals surface area contributed by atoms with Gasteiger partial charge in [-0.05, 0) is 28.8 Å². The van der Waals surface area contributed by atoms with Gasteiger partial charge in [0.25, 0.3) is 0 Å². The van der Waals surface area contributed by atoms with Crippen LogP contribution >= 0.6 is 11.6 Å². The number of carbonyl (C=O) groups excluding carboxylic acids is 1. The molecule has 0 aromatic heterocycles. The molecular formula is C20H19ClO2. The molecule has 2 nitrogen and oxygen atoms in total. The van der Waals surface area contributed by atoms with Crippen LogP contribution in [0, 0.1) is 5.41 Å². The molecule has 0 spiro atoms. The smallest absolute Gasteiger partial charge is 0.310 e. The molecule has 0 saturated carbocycles.